The van der Waals surface area contributed by atoms with Gasteiger partial charge in [0.1, 0.15) is 5.60 Å². The van der Waals surface area contributed by atoms with Crippen molar-refractivity contribution in [2.24, 2.45) is 5.92 Å². The molecular formula is C21H31N3O4. The second kappa shape index (κ2) is 9.57. The standard InChI is InChI=1S/C21H31N3O4/c1-15-5-7-17(8-6-15)19(26)24-11-9-16(10-12-24)13-22-18(25)14-23-20(27)28-21(2,3)4/h5-8,16H,9-14H2,1-4H3,(H,22,25)(H,23,27). The van der Waals surface area contributed by atoms with E-state index in [9.17, 15) is 14.4 Å². The molecule has 0 radical (unpaired) electrons. The van der Waals surface area contributed by atoms with Gasteiger partial charge in [0.05, 0.1) is 6.54 Å². The zero-order chi connectivity index (χ0) is 20.7. The molecule has 0 atom stereocenters. The molecule has 0 aromatic heterocycles. The molecule has 0 unspecified atom stereocenters. The Morgan fingerprint density at radius 3 is 2.25 bits per heavy atom. The highest BCUT2D eigenvalue weighted by Gasteiger charge is 2.24. The fourth-order valence-electron chi connectivity index (χ4n) is 3.01. The second-order valence-electron chi connectivity index (χ2n) is 8.26. The van der Waals surface area contributed by atoms with Crippen LogP contribution < -0.4 is 10.6 Å². The van der Waals surface area contributed by atoms with Crippen LogP contribution in [0.5, 0.6) is 0 Å². The molecule has 0 bridgehead atoms. The molecule has 3 amide bonds. The average Bonchev–Trinajstić information content (AvgIpc) is 2.64. The lowest BCUT2D eigenvalue weighted by Crippen LogP contribution is -2.44. The van der Waals surface area contributed by atoms with Crippen LogP contribution in [0.25, 0.3) is 0 Å². The van der Waals surface area contributed by atoms with Crippen molar-refractivity contribution in [3.8, 4) is 0 Å². The van der Waals surface area contributed by atoms with Gasteiger partial charge >= 0.3 is 6.09 Å². The third-order valence-electron chi connectivity index (χ3n) is 4.58. The Balaban J connectivity index is 1.67. The van der Waals surface area contributed by atoms with Gasteiger partial charge in [-0.1, -0.05) is 17.7 Å². The summed E-state index contributed by atoms with van der Waals surface area (Å²) in [5.74, 6) is 0.139. The van der Waals surface area contributed by atoms with Crippen LogP contribution in [0.15, 0.2) is 24.3 Å². The number of hydrogen-bond donors (Lipinski definition) is 2. The average molecular weight is 389 g/mol. The third kappa shape index (κ3) is 7.21. The smallest absolute Gasteiger partial charge is 0.408 e. The number of ether oxygens (including phenoxy) is 1. The number of alkyl carbamates (subject to hydrolysis) is 1. The van der Waals surface area contributed by atoms with Crippen molar-refractivity contribution in [3.05, 3.63) is 35.4 Å². The van der Waals surface area contributed by atoms with Gasteiger partial charge in [-0.15, -0.1) is 0 Å². The summed E-state index contributed by atoms with van der Waals surface area (Å²) < 4.78 is 5.09. The van der Waals surface area contributed by atoms with Gasteiger partial charge in [-0.3, -0.25) is 9.59 Å². The van der Waals surface area contributed by atoms with E-state index in [-0.39, 0.29) is 18.4 Å². The predicted molar refractivity (Wildman–Crippen MR) is 107 cm³/mol. The fourth-order valence-corrected chi connectivity index (χ4v) is 3.01. The number of carbonyl (C=O) groups is 3. The van der Waals surface area contributed by atoms with Gasteiger partial charge in [0.25, 0.3) is 5.91 Å². The van der Waals surface area contributed by atoms with E-state index in [4.69, 9.17) is 4.74 Å². The lowest BCUT2D eigenvalue weighted by Gasteiger charge is -2.32. The van der Waals surface area contributed by atoms with Crippen molar-refractivity contribution >= 4 is 17.9 Å². The summed E-state index contributed by atoms with van der Waals surface area (Å²) in [6.45, 7) is 9.10. The molecule has 0 spiro atoms. The van der Waals surface area contributed by atoms with E-state index in [1.54, 1.807) is 20.8 Å². The summed E-state index contributed by atoms with van der Waals surface area (Å²) in [5, 5.41) is 5.28. The monoisotopic (exact) mass is 389 g/mol. The Morgan fingerprint density at radius 1 is 1.07 bits per heavy atom. The van der Waals surface area contributed by atoms with Gasteiger partial charge in [-0.2, -0.15) is 0 Å². The second-order valence-corrected chi connectivity index (χ2v) is 8.26. The molecule has 1 aromatic carbocycles. The minimum absolute atomic E-state index is 0.0593. The summed E-state index contributed by atoms with van der Waals surface area (Å²) in [5.41, 5.74) is 1.25. The Kier molecular flexibility index (Phi) is 7.43. The topological polar surface area (TPSA) is 87.7 Å². The number of rotatable bonds is 5. The molecule has 1 saturated heterocycles. The maximum absolute atomic E-state index is 12.5. The Morgan fingerprint density at radius 2 is 1.68 bits per heavy atom. The van der Waals surface area contributed by atoms with Crippen LogP contribution in [0.4, 0.5) is 4.79 Å². The molecule has 0 aliphatic carbocycles. The van der Waals surface area contributed by atoms with Crippen LogP contribution in [0, 0.1) is 12.8 Å². The quantitative estimate of drug-likeness (QED) is 0.810. The van der Waals surface area contributed by atoms with Gasteiger partial charge in [0.15, 0.2) is 0 Å². The largest absolute Gasteiger partial charge is 0.444 e. The lowest BCUT2D eigenvalue weighted by molar-refractivity contribution is -0.120. The number of likely N-dealkylation sites (tertiary alicyclic amines) is 1. The lowest BCUT2D eigenvalue weighted by atomic mass is 9.96. The Hall–Kier alpha value is -2.57. The normalized spacial score (nSPS) is 15.1. The SMILES string of the molecule is Cc1ccc(C(=O)N2CCC(CNC(=O)CNC(=O)OC(C)(C)C)CC2)cc1. The highest BCUT2D eigenvalue weighted by atomic mass is 16.6. The van der Waals surface area contributed by atoms with E-state index in [1.165, 1.54) is 0 Å². The maximum Gasteiger partial charge on any atom is 0.408 e. The molecule has 1 aliphatic rings. The first-order valence-corrected chi connectivity index (χ1v) is 9.73. The van der Waals surface area contributed by atoms with Crippen molar-refractivity contribution in [1.82, 2.24) is 15.5 Å². The van der Waals surface area contributed by atoms with E-state index < -0.39 is 11.7 Å². The van der Waals surface area contributed by atoms with E-state index in [0.29, 0.717) is 31.1 Å². The van der Waals surface area contributed by atoms with Gasteiger partial charge < -0.3 is 20.3 Å². The van der Waals surface area contributed by atoms with Crippen LogP contribution in [0.2, 0.25) is 0 Å². The highest BCUT2D eigenvalue weighted by molar-refractivity contribution is 5.94. The van der Waals surface area contributed by atoms with Gasteiger partial charge in [0, 0.05) is 25.2 Å². The summed E-state index contributed by atoms with van der Waals surface area (Å²) in [4.78, 5) is 37.9. The molecule has 28 heavy (non-hydrogen) atoms. The van der Waals surface area contributed by atoms with Crippen molar-refractivity contribution in [2.45, 2.75) is 46.1 Å². The van der Waals surface area contributed by atoms with Crippen molar-refractivity contribution in [1.29, 1.82) is 0 Å². The number of carbonyl (C=O) groups excluding carboxylic acids is 3. The summed E-state index contributed by atoms with van der Waals surface area (Å²) >= 11 is 0. The van der Waals surface area contributed by atoms with Crippen LogP contribution in [0.3, 0.4) is 0 Å². The van der Waals surface area contributed by atoms with Gasteiger partial charge in [-0.05, 0) is 58.6 Å². The highest BCUT2D eigenvalue weighted by Crippen LogP contribution is 2.18. The number of aryl methyl sites for hydroxylation is 1. The Bertz CT molecular complexity index is 687. The first-order chi connectivity index (χ1) is 13.1. The first-order valence-electron chi connectivity index (χ1n) is 9.73. The number of benzene rings is 1. The molecular weight excluding hydrogens is 358 g/mol. The molecule has 7 heteroatoms. The molecule has 1 fully saturated rings. The number of amides is 3. The molecule has 2 rings (SSSR count). The summed E-state index contributed by atoms with van der Waals surface area (Å²) in [6.07, 6.45) is 1.08. The van der Waals surface area contributed by atoms with E-state index in [0.717, 1.165) is 18.4 Å². The van der Waals surface area contributed by atoms with Crippen LogP contribution in [-0.4, -0.2) is 54.6 Å². The minimum atomic E-state index is -0.606. The van der Waals surface area contributed by atoms with E-state index in [2.05, 4.69) is 10.6 Å². The number of hydrogen-bond acceptors (Lipinski definition) is 4. The van der Waals surface area contributed by atoms with Crippen LogP contribution in [-0.2, 0) is 9.53 Å². The summed E-state index contributed by atoms with van der Waals surface area (Å²) in [7, 11) is 0. The van der Waals surface area contributed by atoms with Gasteiger partial charge in [0.2, 0.25) is 5.91 Å². The predicted octanol–water partition coefficient (Wildman–Crippen LogP) is 2.49. The van der Waals surface area contributed by atoms with Crippen molar-refractivity contribution in [2.75, 3.05) is 26.2 Å². The zero-order valence-electron chi connectivity index (χ0n) is 17.2. The molecule has 1 aromatic rings. The Labute approximate surface area is 166 Å². The van der Waals surface area contributed by atoms with Crippen molar-refractivity contribution in [3.63, 3.8) is 0 Å². The number of nitrogens with zero attached hydrogens (tertiary/aromatic N) is 1. The maximum atomic E-state index is 12.5. The first kappa shape index (κ1) is 21.7. The molecule has 2 N–H and O–H groups in total. The fraction of sp³-hybridized carbons (Fsp3) is 0.571. The molecule has 154 valence electrons. The molecule has 1 heterocycles. The third-order valence-corrected chi connectivity index (χ3v) is 4.58. The van der Waals surface area contributed by atoms with Crippen molar-refractivity contribution < 1.29 is 19.1 Å². The number of piperidine rings is 1. The zero-order valence-corrected chi connectivity index (χ0v) is 17.2. The number of nitrogens with one attached hydrogen (secondary N) is 2. The summed E-state index contributed by atoms with van der Waals surface area (Å²) in [6, 6.07) is 7.62. The van der Waals surface area contributed by atoms with E-state index >= 15 is 0 Å². The van der Waals surface area contributed by atoms with Gasteiger partial charge in [-0.25, -0.2) is 4.79 Å². The minimum Gasteiger partial charge on any atom is -0.444 e. The molecule has 0 saturated carbocycles. The van der Waals surface area contributed by atoms with Crippen LogP contribution >= 0.6 is 0 Å². The van der Waals surface area contributed by atoms with E-state index in [1.807, 2.05) is 36.1 Å². The molecule has 1 aliphatic heterocycles. The van der Waals surface area contributed by atoms with Crippen LogP contribution in [0.1, 0.15) is 49.5 Å². The molecule has 7 nitrogen and oxygen atoms in total.